The molecule has 0 aliphatic heterocycles. The van der Waals surface area contributed by atoms with E-state index in [0.717, 1.165) is 16.4 Å². The van der Waals surface area contributed by atoms with Crippen LogP contribution in [0, 0.1) is 0 Å². The summed E-state index contributed by atoms with van der Waals surface area (Å²) in [6.45, 7) is 0. The molecular weight excluding hydrogens is 305 g/mol. The molecule has 0 N–H and O–H groups in total. The summed E-state index contributed by atoms with van der Waals surface area (Å²) in [5.41, 5.74) is -1.10. The second-order valence-electron chi connectivity index (χ2n) is 3.55. The summed E-state index contributed by atoms with van der Waals surface area (Å²) >= 11 is 0.639. The van der Waals surface area contributed by atoms with E-state index in [1.165, 1.54) is 7.05 Å². The van der Waals surface area contributed by atoms with E-state index >= 15 is 0 Å². The van der Waals surface area contributed by atoms with Crippen LogP contribution in [0.3, 0.4) is 0 Å². The molecule has 0 saturated heterocycles. The maximum atomic E-state index is 12.3. The minimum atomic E-state index is -4.58. The summed E-state index contributed by atoms with van der Waals surface area (Å²) < 4.78 is 61.9. The Labute approximate surface area is 109 Å². The number of halogens is 3. The lowest BCUT2D eigenvalue weighted by Gasteiger charge is -2.01. The van der Waals surface area contributed by atoms with Crippen LogP contribution in [0.2, 0.25) is 0 Å². The van der Waals surface area contributed by atoms with Gasteiger partial charge < -0.3 is 0 Å². The molecule has 2 aromatic rings. The van der Waals surface area contributed by atoms with E-state index in [1.54, 1.807) is 0 Å². The van der Waals surface area contributed by atoms with Crippen LogP contribution in [0.5, 0.6) is 0 Å². The minimum absolute atomic E-state index is 0.143. The average molecular weight is 312 g/mol. The summed E-state index contributed by atoms with van der Waals surface area (Å²) in [5, 5.41) is 3.93. The molecule has 0 saturated carbocycles. The first kappa shape index (κ1) is 13.9. The van der Waals surface area contributed by atoms with Crippen molar-refractivity contribution in [2.75, 3.05) is 0 Å². The van der Waals surface area contributed by atoms with E-state index in [-0.39, 0.29) is 10.2 Å². The van der Waals surface area contributed by atoms with Crippen LogP contribution >= 0.6 is 11.3 Å². The molecule has 11 heteroatoms. The van der Waals surface area contributed by atoms with Crippen molar-refractivity contribution in [3.8, 4) is 0 Å². The number of sulfone groups is 1. The highest BCUT2D eigenvalue weighted by molar-refractivity contribution is 7.90. The molecule has 0 bridgehead atoms. The zero-order valence-corrected chi connectivity index (χ0v) is 11.1. The first-order valence-corrected chi connectivity index (χ1v) is 7.32. The molecule has 2 heterocycles. The fraction of sp³-hybridized carbons (Fsp3) is 0.375. The van der Waals surface area contributed by atoms with Gasteiger partial charge in [0.25, 0.3) is 0 Å². The van der Waals surface area contributed by atoms with Crippen molar-refractivity contribution >= 4 is 21.2 Å². The van der Waals surface area contributed by atoms with Crippen molar-refractivity contribution in [1.82, 2.24) is 19.7 Å². The van der Waals surface area contributed by atoms with Crippen LogP contribution in [0.15, 0.2) is 16.9 Å². The molecule has 2 rings (SSSR count). The summed E-state index contributed by atoms with van der Waals surface area (Å²) in [6, 6.07) is 0. The number of aromatic nitrogens is 4. The number of aryl methyl sites for hydroxylation is 1. The molecule has 0 fully saturated rings. The molecule has 2 aromatic heterocycles. The van der Waals surface area contributed by atoms with Crippen molar-refractivity contribution in [1.29, 1.82) is 0 Å². The molecule has 0 spiro atoms. The first-order chi connectivity index (χ1) is 8.70. The maximum Gasteiger partial charge on any atom is 0.434 e. The van der Waals surface area contributed by atoms with Crippen molar-refractivity contribution in [2.24, 2.45) is 7.05 Å². The van der Waals surface area contributed by atoms with Gasteiger partial charge in [0.05, 0.1) is 0 Å². The Kier molecular flexibility index (Phi) is 3.34. The van der Waals surface area contributed by atoms with Gasteiger partial charge in [-0.05, 0) is 0 Å². The van der Waals surface area contributed by atoms with Gasteiger partial charge in [0.2, 0.25) is 15.0 Å². The summed E-state index contributed by atoms with van der Waals surface area (Å²) in [4.78, 5) is 6.82. The topological polar surface area (TPSA) is 77.7 Å². The zero-order chi connectivity index (χ0) is 14.3. The fourth-order valence-corrected chi connectivity index (χ4v) is 3.80. The van der Waals surface area contributed by atoms with Crippen molar-refractivity contribution in [3.63, 3.8) is 0 Å². The fourth-order valence-electron chi connectivity index (χ4n) is 1.30. The predicted octanol–water partition coefficient (Wildman–Crippen LogP) is 1.26. The molecule has 0 amide bonds. The standard InChI is InChI=1S/C8H7F3N4O2S2/c1-15-7(12-4-13-15)19(16,17)3-6-14-5(2-18-6)8(9,10)11/h2,4H,3H2,1H3. The van der Waals surface area contributed by atoms with Gasteiger partial charge in [0.15, 0.2) is 5.69 Å². The highest BCUT2D eigenvalue weighted by Gasteiger charge is 2.34. The lowest BCUT2D eigenvalue weighted by Crippen LogP contribution is -2.12. The van der Waals surface area contributed by atoms with Gasteiger partial charge in [-0.25, -0.2) is 23.1 Å². The molecule has 0 aliphatic carbocycles. The minimum Gasteiger partial charge on any atom is -0.240 e. The second kappa shape index (κ2) is 4.56. The Morgan fingerprint density at radius 3 is 2.58 bits per heavy atom. The van der Waals surface area contributed by atoms with Gasteiger partial charge in [-0.15, -0.1) is 11.3 Å². The quantitative estimate of drug-likeness (QED) is 0.853. The van der Waals surface area contributed by atoms with Crippen LogP contribution in [0.1, 0.15) is 10.7 Å². The summed E-state index contributed by atoms with van der Waals surface area (Å²) in [5.74, 6) is -0.639. The SMILES string of the molecule is Cn1ncnc1S(=O)(=O)Cc1nc(C(F)(F)F)cs1. The van der Waals surface area contributed by atoms with Gasteiger partial charge in [-0.3, -0.25) is 0 Å². The van der Waals surface area contributed by atoms with E-state index in [2.05, 4.69) is 15.1 Å². The average Bonchev–Trinajstić information content (AvgIpc) is 2.85. The summed E-state index contributed by atoms with van der Waals surface area (Å²) in [6.07, 6.45) is -3.53. The van der Waals surface area contributed by atoms with Crippen molar-refractivity contribution < 1.29 is 21.6 Å². The van der Waals surface area contributed by atoms with Gasteiger partial charge in [0, 0.05) is 12.4 Å². The molecule has 0 unspecified atom stereocenters. The first-order valence-electron chi connectivity index (χ1n) is 4.78. The molecule has 6 nitrogen and oxygen atoms in total. The monoisotopic (exact) mass is 312 g/mol. The van der Waals surface area contributed by atoms with E-state index in [1.807, 2.05) is 0 Å². The lowest BCUT2D eigenvalue weighted by molar-refractivity contribution is -0.140. The van der Waals surface area contributed by atoms with E-state index in [9.17, 15) is 21.6 Å². The molecule has 0 radical (unpaired) electrons. The number of thiazole rings is 1. The number of nitrogens with zero attached hydrogens (tertiary/aromatic N) is 4. The maximum absolute atomic E-state index is 12.3. The number of alkyl halides is 3. The molecular formula is C8H7F3N4O2S2. The Bertz CT molecular complexity index is 689. The third-order valence-corrected chi connectivity index (χ3v) is 4.71. The third kappa shape index (κ3) is 2.92. The van der Waals surface area contributed by atoms with Crippen LogP contribution in [-0.2, 0) is 28.8 Å². The van der Waals surface area contributed by atoms with Crippen LogP contribution in [-0.4, -0.2) is 28.2 Å². The van der Waals surface area contributed by atoms with Gasteiger partial charge in [-0.1, -0.05) is 0 Å². The highest BCUT2D eigenvalue weighted by atomic mass is 32.2. The molecule has 0 atom stereocenters. The van der Waals surface area contributed by atoms with Crippen LogP contribution < -0.4 is 0 Å². The summed E-state index contributed by atoms with van der Waals surface area (Å²) in [7, 11) is -2.49. The highest BCUT2D eigenvalue weighted by Crippen LogP contribution is 2.30. The number of hydrogen-bond acceptors (Lipinski definition) is 6. The van der Waals surface area contributed by atoms with E-state index < -0.39 is 27.5 Å². The molecule has 19 heavy (non-hydrogen) atoms. The third-order valence-electron chi connectivity index (χ3n) is 2.10. The smallest absolute Gasteiger partial charge is 0.240 e. The Hall–Kier alpha value is -1.49. The lowest BCUT2D eigenvalue weighted by atomic mass is 10.5. The normalized spacial score (nSPS) is 12.8. The largest absolute Gasteiger partial charge is 0.434 e. The van der Waals surface area contributed by atoms with E-state index in [0.29, 0.717) is 11.3 Å². The van der Waals surface area contributed by atoms with Crippen molar-refractivity contribution in [2.45, 2.75) is 17.1 Å². The molecule has 104 valence electrons. The Balaban J connectivity index is 2.27. The Morgan fingerprint density at radius 1 is 1.42 bits per heavy atom. The van der Waals surface area contributed by atoms with Crippen molar-refractivity contribution in [3.05, 3.63) is 22.4 Å². The zero-order valence-electron chi connectivity index (χ0n) is 9.42. The van der Waals surface area contributed by atoms with Gasteiger partial charge in [0.1, 0.15) is 17.1 Å². The predicted molar refractivity (Wildman–Crippen MR) is 59.0 cm³/mol. The van der Waals surface area contributed by atoms with Crippen LogP contribution in [0.4, 0.5) is 13.2 Å². The van der Waals surface area contributed by atoms with Gasteiger partial charge >= 0.3 is 6.18 Å². The second-order valence-corrected chi connectivity index (χ2v) is 6.38. The van der Waals surface area contributed by atoms with Gasteiger partial charge in [-0.2, -0.15) is 18.3 Å². The Morgan fingerprint density at radius 2 is 2.11 bits per heavy atom. The van der Waals surface area contributed by atoms with Crippen LogP contribution in [0.25, 0.3) is 0 Å². The molecule has 0 aromatic carbocycles. The van der Waals surface area contributed by atoms with E-state index in [4.69, 9.17) is 0 Å². The number of hydrogen-bond donors (Lipinski definition) is 0. The number of rotatable bonds is 3. The molecule has 0 aliphatic rings.